The molecule has 1 N–H and O–H groups in total. The molecule has 1 heterocycles. The van der Waals surface area contributed by atoms with Gasteiger partial charge in [-0.15, -0.1) is 0 Å². The number of rotatable bonds is 5. The van der Waals surface area contributed by atoms with Crippen molar-refractivity contribution in [3.05, 3.63) is 52.2 Å². The van der Waals surface area contributed by atoms with Gasteiger partial charge in [0.25, 0.3) is 11.6 Å². The van der Waals surface area contributed by atoms with Crippen molar-refractivity contribution in [1.29, 1.82) is 0 Å². The van der Waals surface area contributed by atoms with Gasteiger partial charge in [-0.25, -0.2) is 4.68 Å². The maximum absolute atomic E-state index is 12.2. The Morgan fingerprint density at radius 1 is 1.36 bits per heavy atom. The predicted molar refractivity (Wildman–Crippen MR) is 80.7 cm³/mol. The molecule has 1 unspecified atom stereocenters. The first kappa shape index (κ1) is 14.2. The van der Waals surface area contributed by atoms with Crippen LogP contribution >= 0.6 is 0 Å². The van der Waals surface area contributed by atoms with Crippen LogP contribution < -0.4 is 5.32 Å². The third-order valence-corrected chi connectivity index (χ3v) is 3.94. The molecule has 7 heteroatoms. The number of nitro benzene ring substituents is 1. The van der Waals surface area contributed by atoms with Crippen LogP contribution in [0.5, 0.6) is 0 Å². The summed E-state index contributed by atoms with van der Waals surface area (Å²) in [6.45, 7) is 2.09. The number of carbonyl (C=O) groups excluding carboxylic acids is 1. The van der Waals surface area contributed by atoms with Crippen LogP contribution in [0.3, 0.4) is 0 Å². The van der Waals surface area contributed by atoms with Gasteiger partial charge in [-0.1, -0.05) is 0 Å². The van der Waals surface area contributed by atoms with E-state index in [4.69, 9.17) is 0 Å². The fourth-order valence-corrected chi connectivity index (χ4v) is 2.44. The van der Waals surface area contributed by atoms with Crippen LogP contribution in [0.2, 0.25) is 0 Å². The van der Waals surface area contributed by atoms with Crippen LogP contribution in [-0.2, 0) is 0 Å². The van der Waals surface area contributed by atoms with E-state index in [-0.39, 0.29) is 17.6 Å². The Hall–Kier alpha value is -2.70. The van der Waals surface area contributed by atoms with Gasteiger partial charge in [0, 0.05) is 23.8 Å². The molecule has 22 heavy (non-hydrogen) atoms. The minimum atomic E-state index is -0.492. The number of non-ortho nitro benzene ring substituents is 1. The van der Waals surface area contributed by atoms with Gasteiger partial charge in [-0.05, 0) is 37.8 Å². The van der Waals surface area contributed by atoms with Crippen molar-refractivity contribution in [2.45, 2.75) is 25.8 Å². The maximum Gasteiger partial charge on any atom is 0.269 e. The zero-order chi connectivity index (χ0) is 15.7. The van der Waals surface area contributed by atoms with Gasteiger partial charge < -0.3 is 5.32 Å². The number of benzene rings is 1. The van der Waals surface area contributed by atoms with Crippen molar-refractivity contribution in [1.82, 2.24) is 9.78 Å². The Bertz CT molecular complexity index is 704. The quantitative estimate of drug-likeness (QED) is 0.679. The Morgan fingerprint density at radius 3 is 2.64 bits per heavy atom. The summed E-state index contributed by atoms with van der Waals surface area (Å²) in [6.07, 6.45) is 4.04. The van der Waals surface area contributed by atoms with E-state index in [2.05, 4.69) is 17.3 Å². The monoisotopic (exact) mass is 300 g/mol. The van der Waals surface area contributed by atoms with Crippen LogP contribution in [0.4, 0.5) is 11.5 Å². The number of anilines is 1. The second-order valence-corrected chi connectivity index (χ2v) is 5.50. The zero-order valence-corrected chi connectivity index (χ0v) is 12.1. The molecule has 0 aliphatic heterocycles. The molecule has 0 saturated heterocycles. The molecule has 0 bridgehead atoms. The van der Waals surface area contributed by atoms with Crippen LogP contribution in [0.1, 0.15) is 36.2 Å². The van der Waals surface area contributed by atoms with Gasteiger partial charge in [0.2, 0.25) is 0 Å². The van der Waals surface area contributed by atoms with Crippen LogP contribution in [0, 0.1) is 16.0 Å². The number of nitrogens with zero attached hydrogens (tertiary/aromatic N) is 3. The smallest absolute Gasteiger partial charge is 0.269 e. The molecule has 2 aromatic rings. The SMILES string of the molecule is CC(C1CC1)n1nccc1NC(=O)c1ccc([N+](=O)[O-])cc1. The summed E-state index contributed by atoms with van der Waals surface area (Å²) < 4.78 is 1.82. The highest BCUT2D eigenvalue weighted by molar-refractivity contribution is 6.03. The molecule has 7 nitrogen and oxygen atoms in total. The highest BCUT2D eigenvalue weighted by atomic mass is 16.6. The molecule has 1 atom stereocenters. The van der Waals surface area contributed by atoms with E-state index < -0.39 is 4.92 Å². The molecule has 1 aromatic heterocycles. The second kappa shape index (κ2) is 5.59. The fourth-order valence-electron chi connectivity index (χ4n) is 2.44. The Balaban J connectivity index is 1.74. The molecule has 3 rings (SSSR count). The number of amides is 1. The number of nitrogens with one attached hydrogen (secondary N) is 1. The fraction of sp³-hybridized carbons (Fsp3) is 0.333. The molecule has 114 valence electrons. The number of hydrogen-bond acceptors (Lipinski definition) is 4. The van der Waals surface area contributed by atoms with Crippen molar-refractivity contribution in [2.24, 2.45) is 5.92 Å². The van der Waals surface area contributed by atoms with Crippen molar-refractivity contribution in [3.63, 3.8) is 0 Å². The molecule has 1 saturated carbocycles. The summed E-state index contributed by atoms with van der Waals surface area (Å²) in [4.78, 5) is 22.4. The summed E-state index contributed by atoms with van der Waals surface area (Å²) in [5.74, 6) is 0.956. The summed E-state index contributed by atoms with van der Waals surface area (Å²) in [6, 6.07) is 7.53. The lowest BCUT2D eigenvalue weighted by Crippen LogP contribution is -2.18. The van der Waals surface area contributed by atoms with E-state index in [0.717, 1.165) is 0 Å². The summed E-state index contributed by atoms with van der Waals surface area (Å²) in [7, 11) is 0. The third kappa shape index (κ3) is 2.83. The van der Waals surface area contributed by atoms with Gasteiger partial charge in [0.05, 0.1) is 17.2 Å². The minimum absolute atomic E-state index is 0.0380. The summed E-state index contributed by atoms with van der Waals surface area (Å²) >= 11 is 0. The van der Waals surface area contributed by atoms with E-state index >= 15 is 0 Å². The van der Waals surface area contributed by atoms with E-state index in [1.807, 2.05) is 4.68 Å². The standard InChI is InChI=1S/C15H16N4O3/c1-10(11-2-3-11)18-14(8-9-16-18)17-15(20)12-4-6-13(7-5-12)19(21)22/h4-11H,2-3H2,1H3,(H,17,20). The van der Waals surface area contributed by atoms with E-state index in [1.165, 1.54) is 37.1 Å². The van der Waals surface area contributed by atoms with Crippen molar-refractivity contribution < 1.29 is 9.72 Å². The van der Waals surface area contributed by atoms with Gasteiger partial charge in [-0.2, -0.15) is 5.10 Å². The van der Waals surface area contributed by atoms with Gasteiger partial charge in [0.15, 0.2) is 0 Å². The van der Waals surface area contributed by atoms with Crippen LogP contribution in [0.25, 0.3) is 0 Å². The lowest BCUT2D eigenvalue weighted by atomic mass is 10.2. The molecule has 1 fully saturated rings. The molecular weight excluding hydrogens is 284 g/mol. The van der Waals surface area contributed by atoms with Gasteiger partial charge in [-0.3, -0.25) is 14.9 Å². The van der Waals surface area contributed by atoms with Crippen molar-refractivity contribution in [2.75, 3.05) is 5.32 Å². The lowest BCUT2D eigenvalue weighted by molar-refractivity contribution is -0.384. The summed E-state index contributed by atoms with van der Waals surface area (Å²) in [5, 5.41) is 17.7. The highest BCUT2D eigenvalue weighted by Crippen LogP contribution is 2.40. The van der Waals surface area contributed by atoms with Crippen molar-refractivity contribution >= 4 is 17.4 Å². The number of carbonyl (C=O) groups is 1. The van der Waals surface area contributed by atoms with E-state index in [1.54, 1.807) is 12.3 Å². The highest BCUT2D eigenvalue weighted by Gasteiger charge is 2.30. The number of aromatic nitrogens is 2. The molecule has 1 amide bonds. The average Bonchev–Trinajstić information content (AvgIpc) is 3.27. The second-order valence-electron chi connectivity index (χ2n) is 5.50. The predicted octanol–water partition coefficient (Wildman–Crippen LogP) is 3.01. The number of hydrogen-bond donors (Lipinski definition) is 1. The van der Waals surface area contributed by atoms with Gasteiger partial charge >= 0.3 is 0 Å². The molecule has 0 radical (unpaired) electrons. The Labute approximate surface area is 127 Å². The van der Waals surface area contributed by atoms with E-state index in [0.29, 0.717) is 17.3 Å². The maximum atomic E-state index is 12.2. The largest absolute Gasteiger partial charge is 0.307 e. The Kier molecular flexibility index (Phi) is 3.62. The topological polar surface area (TPSA) is 90.1 Å². The molecule has 1 aliphatic rings. The Morgan fingerprint density at radius 2 is 2.05 bits per heavy atom. The summed E-state index contributed by atoms with van der Waals surface area (Å²) in [5.41, 5.74) is 0.335. The minimum Gasteiger partial charge on any atom is -0.307 e. The molecule has 1 aliphatic carbocycles. The third-order valence-electron chi connectivity index (χ3n) is 3.94. The molecular formula is C15H16N4O3. The first-order chi connectivity index (χ1) is 10.6. The zero-order valence-electron chi connectivity index (χ0n) is 12.1. The van der Waals surface area contributed by atoms with Crippen LogP contribution in [-0.4, -0.2) is 20.6 Å². The first-order valence-corrected chi connectivity index (χ1v) is 7.15. The molecule has 1 aromatic carbocycles. The lowest BCUT2D eigenvalue weighted by Gasteiger charge is -2.15. The first-order valence-electron chi connectivity index (χ1n) is 7.15. The molecule has 0 spiro atoms. The average molecular weight is 300 g/mol. The van der Waals surface area contributed by atoms with Crippen molar-refractivity contribution in [3.8, 4) is 0 Å². The number of nitro groups is 1. The van der Waals surface area contributed by atoms with Gasteiger partial charge in [0.1, 0.15) is 5.82 Å². The van der Waals surface area contributed by atoms with Crippen LogP contribution in [0.15, 0.2) is 36.5 Å². The van der Waals surface area contributed by atoms with E-state index in [9.17, 15) is 14.9 Å². The normalized spacial score (nSPS) is 15.3.